The summed E-state index contributed by atoms with van der Waals surface area (Å²) in [5, 5.41) is 33.0. The zero-order valence-electron chi connectivity index (χ0n) is 15.5. The van der Waals surface area contributed by atoms with Gasteiger partial charge in [-0.3, -0.25) is 24.0 Å². The number of hydrogen-bond donors (Lipinski definition) is 8. The van der Waals surface area contributed by atoms with Crippen LogP contribution in [0.2, 0.25) is 0 Å². The van der Waals surface area contributed by atoms with Crippen LogP contribution in [0.3, 0.4) is 0 Å². The van der Waals surface area contributed by atoms with Gasteiger partial charge in [-0.15, -0.1) is 0 Å². The molecule has 13 nitrogen and oxygen atoms in total. The summed E-state index contributed by atoms with van der Waals surface area (Å²) < 4.78 is 0. The highest BCUT2D eigenvalue weighted by Crippen LogP contribution is 2.02. The number of amides is 3. The number of carbonyl (C=O) groups is 6. The van der Waals surface area contributed by atoms with E-state index in [0.29, 0.717) is 0 Å². The second-order valence-electron chi connectivity index (χ2n) is 6.01. The molecule has 0 saturated heterocycles. The van der Waals surface area contributed by atoms with Crippen molar-refractivity contribution < 1.29 is 44.1 Å². The third-order valence-corrected chi connectivity index (χ3v) is 3.95. The highest BCUT2D eigenvalue weighted by molar-refractivity contribution is 7.80. The van der Waals surface area contributed by atoms with Gasteiger partial charge < -0.3 is 37.0 Å². The predicted molar refractivity (Wildman–Crippen MR) is 100 cm³/mol. The lowest BCUT2D eigenvalue weighted by Crippen LogP contribution is -2.57. The fourth-order valence-electron chi connectivity index (χ4n) is 1.95. The quantitative estimate of drug-likeness (QED) is 0.138. The minimum Gasteiger partial charge on any atom is -0.481 e. The van der Waals surface area contributed by atoms with Crippen LogP contribution in [0.1, 0.15) is 26.2 Å². The molecule has 0 aliphatic rings. The molecule has 164 valence electrons. The van der Waals surface area contributed by atoms with Gasteiger partial charge in [-0.05, 0) is 13.3 Å². The summed E-state index contributed by atoms with van der Waals surface area (Å²) in [6, 6.07) is -5.43. The van der Waals surface area contributed by atoms with Gasteiger partial charge in [0.25, 0.3) is 0 Å². The monoisotopic (exact) mass is 436 g/mol. The van der Waals surface area contributed by atoms with Crippen LogP contribution in [-0.4, -0.2) is 80.9 Å². The molecule has 8 N–H and O–H groups in total. The molecule has 0 saturated carbocycles. The molecule has 0 heterocycles. The zero-order valence-corrected chi connectivity index (χ0v) is 16.3. The molecule has 0 spiro atoms. The van der Waals surface area contributed by atoms with E-state index in [1.807, 2.05) is 5.32 Å². The van der Waals surface area contributed by atoms with Gasteiger partial charge in [-0.25, -0.2) is 4.79 Å². The maximum Gasteiger partial charge on any atom is 0.326 e. The fraction of sp³-hybridized carbons (Fsp3) is 0.600. The van der Waals surface area contributed by atoms with Crippen molar-refractivity contribution in [3.8, 4) is 0 Å². The predicted octanol–water partition coefficient (Wildman–Crippen LogP) is -2.86. The highest BCUT2D eigenvalue weighted by atomic mass is 32.1. The molecule has 0 rings (SSSR count). The minimum absolute atomic E-state index is 0.0110. The van der Waals surface area contributed by atoms with Crippen LogP contribution in [0.5, 0.6) is 0 Å². The third kappa shape index (κ3) is 10.3. The maximum atomic E-state index is 12.3. The largest absolute Gasteiger partial charge is 0.481 e. The second kappa shape index (κ2) is 12.6. The zero-order chi connectivity index (χ0) is 22.7. The summed E-state index contributed by atoms with van der Waals surface area (Å²) in [6.45, 7) is 1.26. The van der Waals surface area contributed by atoms with E-state index >= 15 is 0 Å². The van der Waals surface area contributed by atoms with Crippen LogP contribution < -0.4 is 21.7 Å². The van der Waals surface area contributed by atoms with Gasteiger partial charge >= 0.3 is 17.9 Å². The molecule has 29 heavy (non-hydrogen) atoms. The van der Waals surface area contributed by atoms with Crippen molar-refractivity contribution >= 4 is 48.3 Å². The molecule has 3 amide bonds. The van der Waals surface area contributed by atoms with E-state index in [2.05, 4.69) is 23.3 Å². The Morgan fingerprint density at radius 2 is 1.41 bits per heavy atom. The van der Waals surface area contributed by atoms with Crippen LogP contribution >= 0.6 is 12.6 Å². The van der Waals surface area contributed by atoms with Crippen LogP contribution in [0.25, 0.3) is 0 Å². The Kier molecular flexibility index (Phi) is 11.3. The molecular formula is C15H24N4O9S. The van der Waals surface area contributed by atoms with E-state index in [0.717, 1.165) is 0 Å². The lowest BCUT2D eigenvalue weighted by molar-refractivity contribution is -0.144. The molecule has 0 aromatic carbocycles. The Bertz CT molecular complexity index is 658. The summed E-state index contributed by atoms with van der Waals surface area (Å²) in [5.74, 6) is -7.01. The Morgan fingerprint density at radius 1 is 0.862 bits per heavy atom. The van der Waals surface area contributed by atoms with Gasteiger partial charge in [0.15, 0.2) is 0 Å². The Morgan fingerprint density at radius 3 is 1.86 bits per heavy atom. The van der Waals surface area contributed by atoms with E-state index in [4.69, 9.17) is 21.1 Å². The van der Waals surface area contributed by atoms with Crippen molar-refractivity contribution in [1.82, 2.24) is 16.0 Å². The minimum atomic E-state index is -1.66. The molecule has 0 aromatic rings. The van der Waals surface area contributed by atoms with Crippen LogP contribution in [0, 0.1) is 0 Å². The first-order valence-corrected chi connectivity index (χ1v) is 8.96. The summed E-state index contributed by atoms with van der Waals surface area (Å²) in [7, 11) is 0. The topological polar surface area (TPSA) is 225 Å². The number of carboxylic acids is 3. The molecule has 14 heteroatoms. The van der Waals surface area contributed by atoms with Gasteiger partial charge in [0.05, 0.1) is 12.5 Å². The Hall–Kier alpha value is -2.87. The summed E-state index contributed by atoms with van der Waals surface area (Å²) in [5.41, 5.74) is 5.45. The highest BCUT2D eigenvalue weighted by Gasteiger charge is 2.30. The van der Waals surface area contributed by atoms with E-state index in [9.17, 15) is 28.8 Å². The van der Waals surface area contributed by atoms with E-state index < -0.39 is 79.1 Å². The van der Waals surface area contributed by atoms with Gasteiger partial charge in [-0.1, -0.05) is 0 Å². The summed E-state index contributed by atoms with van der Waals surface area (Å²) in [6.07, 6.45) is -1.88. The van der Waals surface area contributed by atoms with Gasteiger partial charge in [0, 0.05) is 12.2 Å². The first-order valence-electron chi connectivity index (χ1n) is 8.33. The number of thiol groups is 1. The molecule has 4 atom stereocenters. The molecular weight excluding hydrogens is 412 g/mol. The molecule has 0 aliphatic heterocycles. The van der Waals surface area contributed by atoms with Crippen LogP contribution in [-0.2, 0) is 28.8 Å². The van der Waals surface area contributed by atoms with Crippen molar-refractivity contribution in [3.05, 3.63) is 0 Å². The average molecular weight is 436 g/mol. The fourth-order valence-corrected chi connectivity index (χ4v) is 2.11. The number of nitrogens with two attached hydrogens (primary N) is 1. The molecule has 0 bridgehead atoms. The maximum absolute atomic E-state index is 12.3. The SMILES string of the molecule is CC(NC(=O)C(N)CS)C(=O)NC(CC(=O)O)C(=O)NC(CCC(=O)O)C(=O)O. The van der Waals surface area contributed by atoms with Crippen molar-refractivity contribution in [2.45, 2.75) is 50.4 Å². The van der Waals surface area contributed by atoms with E-state index in [1.54, 1.807) is 0 Å². The average Bonchev–Trinajstić information content (AvgIpc) is 2.62. The lowest BCUT2D eigenvalue weighted by Gasteiger charge is -2.22. The first-order chi connectivity index (χ1) is 13.4. The van der Waals surface area contributed by atoms with Crippen molar-refractivity contribution in [3.63, 3.8) is 0 Å². The van der Waals surface area contributed by atoms with Crippen LogP contribution in [0.15, 0.2) is 0 Å². The lowest BCUT2D eigenvalue weighted by atomic mass is 10.1. The number of carbonyl (C=O) groups excluding carboxylic acids is 3. The number of nitrogens with one attached hydrogen (secondary N) is 3. The summed E-state index contributed by atoms with van der Waals surface area (Å²) in [4.78, 5) is 68.8. The van der Waals surface area contributed by atoms with E-state index in [1.165, 1.54) is 6.92 Å². The smallest absolute Gasteiger partial charge is 0.326 e. The molecule has 0 aromatic heterocycles. The number of aliphatic carboxylic acids is 3. The summed E-state index contributed by atoms with van der Waals surface area (Å²) >= 11 is 3.84. The third-order valence-electron chi connectivity index (χ3n) is 3.56. The van der Waals surface area contributed by atoms with Gasteiger partial charge in [-0.2, -0.15) is 12.6 Å². The number of carboxylic acid groups (broad SMARTS) is 3. The Balaban J connectivity index is 5.13. The number of hydrogen-bond acceptors (Lipinski definition) is 8. The van der Waals surface area contributed by atoms with Crippen LogP contribution in [0.4, 0.5) is 0 Å². The standard InChI is InChI=1S/C15H24N4O9S/c1-6(17-13(25)7(16)5-29)12(24)19-9(4-11(22)23)14(26)18-8(15(27)28)2-3-10(20)21/h6-9,29H,2-5,16H2,1H3,(H,17,25)(H,18,26)(H,19,24)(H,20,21)(H,22,23)(H,27,28). The van der Waals surface area contributed by atoms with Crippen molar-refractivity contribution in [2.24, 2.45) is 5.73 Å². The normalized spacial score (nSPS) is 14.6. The second-order valence-corrected chi connectivity index (χ2v) is 6.38. The van der Waals surface area contributed by atoms with Crippen molar-refractivity contribution in [1.29, 1.82) is 0 Å². The molecule has 4 unspecified atom stereocenters. The molecule has 0 fully saturated rings. The Labute approximate surface area is 170 Å². The van der Waals surface area contributed by atoms with Crippen molar-refractivity contribution in [2.75, 3.05) is 5.75 Å². The first kappa shape index (κ1) is 26.1. The van der Waals surface area contributed by atoms with Gasteiger partial charge in [0.2, 0.25) is 17.7 Å². The van der Waals surface area contributed by atoms with Gasteiger partial charge in [0.1, 0.15) is 18.1 Å². The molecule has 0 radical (unpaired) electrons. The molecule has 0 aliphatic carbocycles. The van der Waals surface area contributed by atoms with E-state index in [-0.39, 0.29) is 5.75 Å². The number of rotatable bonds is 13.